The third-order valence-electron chi connectivity index (χ3n) is 2.18. The first-order chi connectivity index (χ1) is 5.40. The van der Waals surface area contributed by atoms with Crippen molar-refractivity contribution in [2.24, 2.45) is 0 Å². The van der Waals surface area contributed by atoms with Gasteiger partial charge in [0.1, 0.15) is 11.5 Å². The molecular weight excluding hydrogens is 204 g/mol. The van der Waals surface area contributed by atoms with Crippen molar-refractivity contribution in [2.75, 3.05) is 0 Å². The van der Waals surface area contributed by atoms with Gasteiger partial charge < -0.3 is 4.42 Å². The molecule has 0 saturated heterocycles. The summed E-state index contributed by atoms with van der Waals surface area (Å²) in [6.07, 6.45) is 4.98. The van der Waals surface area contributed by atoms with Crippen molar-refractivity contribution >= 4 is 15.9 Å². The number of furan rings is 1. The third kappa shape index (κ3) is 1.36. The van der Waals surface area contributed by atoms with Crippen molar-refractivity contribution in [1.82, 2.24) is 0 Å². The van der Waals surface area contributed by atoms with Crippen LogP contribution in [0, 0.1) is 0 Å². The van der Waals surface area contributed by atoms with Gasteiger partial charge in [0.05, 0.1) is 5.33 Å². The number of halogens is 1. The molecule has 0 fully saturated rings. The Balaban J connectivity index is 2.32. The summed E-state index contributed by atoms with van der Waals surface area (Å²) in [5.74, 6) is 2.31. The topological polar surface area (TPSA) is 13.1 Å². The fourth-order valence-corrected chi connectivity index (χ4v) is 1.89. The summed E-state index contributed by atoms with van der Waals surface area (Å²) >= 11 is 3.39. The van der Waals surface area contributed by atoms with E-state index in [-0.39, 0.29) is 0 Å². The second-order valence-electron chi connectivity index (χ2n) is 3.00. The standard InChI is InChI=1S/C9H11BrO/c10-6-8-5-7-3-1-2-4-9(7)11-8/h5H,1-4,6H2. The molecule has 0 N–H and O–H groups in total. The lowest BCUT2D eigenvalue weighted by molar-refractivity contribution is 0.456. The third-order valence-corrected chi connectivity index (χ3v) is 2.73. The number of hydrogen-bond acceptors (Lipinski definition) is 1. The van der Waals surface area contributed by atoms with E-state index in [9.17, 15) is 0 Å². The maximum absolute atomic E-state index is 5.61. The maximum Gasteiger partial charge on any atom is 0.115 e. The molecule has 11 heavy (non-hydrogen) atoms. The molecule has 0 atom stereocenters. The van der Waals surface area contributed by atoms with Gasteiger partial charge >= 0.3 is 0 Å². The van der Waals surface area contributed by atoms with Gasteiger partial charge in [0, 0.05) is 6.42 Å². The molecule has 1 aliphatic carbocycles. The maximum atomic E-state index is 5.61. The summed E-state index contributed by atoms with van der Waals surface area (Å²) in [4.78, 5) is 0. The summed E-state index contributed by atoms with van der Waals surface area (Å²) in [6, 6.07) is 2.18. The minimum atomic E-state index is 0.847. The molecule has 1 aromatic heterocycles. The highest BCUT2D eigenvalue weighted by atomic mass is 79.9. The van der Waals surface area contributed by atoms with Gasteiger partial charge in [-0.05, 0) is 30.9 Å². The van der Waals surface area contributed by atoms with Crippen molar-refractivity contribution in [3.63, 3.8) is 0 Å². The molecule has 60 valence electrons. The van der Waals surface area contributed by atoms with Gasteiger partial charge in [0.15, 0.2) is 0 Å². The molecule has 2 rings (SSSR count). The summed E-state index contributed by atoms with van der Waals surface area (Å²) < 4.78 is 5.61. The van der Waals surface area contributed by atoms with Crippen LogP contribution in [0.3, 0.4) is 0 Å². The normalized spacial score (nSPS) is 16.5. The van der Waals surface area contributed by atoms with Gasteiger partial charge in [-0.3, -0.25) is 0 Å². The lowest BCUT2D eigenvalue weighted by atomic mass is 9.99. The first-order valence-corrected chi connectivity index (χ1v) is 5.18. The average Bonchev–Trinajstić information content (AvgIpc) is 2.46. The zero-order valence-corrected chi connectivity index (χ0v) is 7.99. The zero-order valence-electron chi connectivity index (χ0n) is 6.40. The van der Waals surface area contributed by atoms with Crippen LogP contribution < -0.4 is 0 Å². The molecule has 0 aromatic carbocycles. The minimum Gasteiger partial charge on any atom is -0.465 e. The second kappa shape index (κ2) is 3.02. The summed E-state index contributed by atoms with van der Waals surface area (Å²) in [5, 5.41) is 0.847. The predicted molar refractivity (Wildman–Crippen MR) is 48.0 cm³/mol. The van der Waals surface area contributed by atoms with Crippen LogP contribution in [-0.4, -0.2) is 0 Å². The molecule has 0 aliphatic heterocycles. The van der Waals surface area contributed by atoms with Gasteiger partial charge in [-0.25, -0.2) is 0 Å². The Hall–Kier alpha value is -0.240. The number of fused-ring (bicyclic) bond motifs is 1. The molecule has 0 spiro atoms. The van der Waals surface area contributed by atoms with Crippen LogP contribution in [-0.2, 0) is 18.2 Å². The minimum absolute atomic E-state index is 0.847. The number of hydrogen-bond donors (Lipinski definition) is 0. The summed E-state index contributed by atoms with van der Waals surface area (Å²) in [6.45, 7) is 0. The largest absolute Gasteiger partial charge is 0.465 e. The Morgan fingerprint density at radius 1 is 1.36 bits per heavy atom. The van der Waals surface area contributed by atoms with Crippen molar-refractivity contribution in [3.05, 3.63) is 23.2 Å². The van der Waals surface area contributed by atoms with Crippen LogP contribution in [0.1, 0.15) is 29.9 Å². The highest BCUT2D eigenvalue weighted by Gasteiger charge is 2.13. The first-order valence-electron chi connectivity index (χ1n) is 4.06. The fraction of sp³-hybridized carbons (Fsp3) is 0.556. The molecule has 0 unspecified atom stereocenters. The molecule has 0 radical (unpaired) electrons. The van der Waals surface area contributed by atoms with Gasteiger partial charge in [-0.2, -0.15) is 0 Å². The summed E-state index contributed by atoms with van der Waals surface area (Å²) in [5.41, 5.74) is 1.44. The molecule has 0 saturated carbocycles. The van der Waals surface area contributed by atoms with Crippen LogP contribution in [0.15, 0.2) is 10.5 Å². The average molecular weight is 215 g/mol. The summed E-state index contributed by atoms with van der Waals surface area (Å²) in [7, 11) is 0. The quantitative estimate of drug-likeness (QED) is 0.656. The first kappa shape index (κ1) is 7.41. The molecule has 1 heterocycles. The molecular formula is C9H11BrO. The van der Waals surface area contributed by atoms with E-state index < -0.39 is 0 Å². The van der Waals surface area contributed by atoms with Gasteiger partial charge in [-0.15, -0.1) is 0 Å². The molecule has 1 nitrogen and oxygen atoms in total. The second-order valence-corrected chi connectivity index (χ2v) is 3.56. The van der Waals surface area contributed by atoms with Crippen LogP contribution in [0.25, 0.3) is 0 Å². The lowest BCUT2D eigenvalue weighted by Crippen LogP contribution is -1.97. The molecule has 0 bridgehead atoms. The van der Waals surface area contributed by atoms with E-state index in [0.29, 0.717) is 0 Å². The number of aryl methyl sites for hydroxylation is 2. The Morgan fingerprint density at radius 2 is 2.18 bits per heavy atom. The SMILES string of the molecule is BrCc1cc2c(o1)CCCC2. The highest BCUT2D eigenvalue weighted by molar-refractivity contribution is 9.08. The van der Waals surface area contributed by atoms with Crippen molar-refractivity contribution in [3.8, 4) is 0 Å². The zero-order chi connectivity index (χ0) is 7.68. The van der Waals surface area contributed by atoms with Crippen LogP contribution in [0.4, 0.5) is 0 Å². The monoisotopic (exact) mass is 214 g/mol. The number of rotatable bonds is 1. The Labute approximate surface area is 74.9 Å². The fourth-order valence-electron chi connectivity index (χ4n) is 1.62. The van der Waals surface area contributed by atoms with Crippen molar-refractivity contribution in [1.29, 1.82) is 0 Å². The van der Waals surface area contributed by atoms with E-state index in [1.165, 1.54) is 30.6 Å². The van der Waals surface area contributed by atoms with Gasteiger partial charge in [0.25, 0.3) is 0 Å². The van der Waals surface area contributed by atoms with E-state index in [2.05, 4.69) is 22.0 Å². The van der Waals surface area contributed by atoms with Crippen LogP contribution >= 0.6 is 15.9 Å². The Morgan fingerprint density at radius 3 is 2.91 bits per heavy atom. The molecule has 0 amide bonds. The molecule has 1 aromatic rings. The molecule has 1 aliphatic rings. The van der Waals surface area contributed by atoms with Gasteiger partial charge in [0.2, 0.25) is 0 Å². The predicted octanol–water partition coefficient (Wildman–Crippen LogP) is 3.05. The van der Waals surface area contributed by atoms with Gasteiger partial charge in [-0.1, -0.05) is 15.9 Å². The van der Waals surface area contributed by atoms with E-state index in [1.54, 1.807) is 0 Å². The van der Waals surface area contributed by atoms with E-state index in [0.717, 1.165) is 17.5 Å². The van der Waals surface area contributed by atoms with E-state index in [1.807, 2.05) is 0 Å². The Kier molecular flexibility index (Phi) is 2.03. The smallest absolute Gasteiger partial charge is 0.115 e. The van der Waals surface area contributed by atoms with Crippen LogP contribution in [0.2, 0.25) is 0 Å². The lowest BCUT2D eigenvalue weighted by Gasteiger charge is -2.07. The van der Waals surface area contributed by atoms with Crippen molar-refractivity contribution < 1.29 is 4.42 Å². The van der Waals surface area contributed by atoms with E-state index >= 15 is 0 Å². The van der Waals surface area contributed by atoms with Crippen molar-refractivity contribution in [2.45, 2.75) is 31.0 Å². The Bertz CT molecular complexity index is 229. The number of alkyl halides is 1. The highest BCUT2D eigenvalue weighted by Crippen LogP contribution is 2.25. The van der Waals surface area contributed by atoms with E-state index in [4.69, 9.17) is 4.42 Å². The van der Waals surface area contributed by atoms with Crippen LogP contribution in [0.5, 0.6) is 0 Å². The molecule has 2 heteroatoms.